The molecular weight excluding hydrogens is 1970 g/mol. The van der Waals surface area contributed by atoms with Crippen molar-refractivity contribution in [1.82, 2.24) is 0 Å². The van der Waals surface area contributed by atoms with Gasteiger partial charge in [0.1, 0.15) is 271 Å². The third kappa shape index (κ3) is 29.9. The van der Waals surface area contributed by atoms with Crippen molar-refractivity contribution in [2.24, 2.45) is 0 Å². The molecule has 2 radical (unpaired) electrons. The summed E-state index contributed by atoms with van der Waals surface area (Å²) < 4.78 is 77.2. The van der Waals surface area contributed by atoms with Crippen molar-refractivity contribution >= 4 is 5.97 Å². The fraction of sp³-hybridized carbons (Fsp3) is 0.985. The molecule has 134 heavy (non-hydrogen) atoms. The van der Waals surface area contributed by atoms with Gasteiger partial charge < -0.3 is 327 Å². The smallest absolute Gasteiger partial charge is 2.00 e. The van der Waals surface area contributed by atoms with Crippen LogP contribution in [0.4, 0.5) is 0 Å². The average molecular weight is 2090 g/mol. The fourth-order valence-corrected chi connectivity index (χ4v) is 13.8. The van der Waals surface area contributed by atoms with Crippen LogP contribution in [-0.2, 0) is 126 Å². The number of aliphatic hydroxyl groups excluding tert-OH is 45. The minimum atomic E-state index is -2.31. The van der Waals surface area contributed by atoms with Crippen molar-refractivity contribution < 1.29 is 391 Å². The predicted octanol–water partition coefficient (Wildman–Crippen LogP) is -35.2. The summed E-state index contributed by atoms with van der Waals surface area (Å²) in [5, 5.41) is 437. The van der Waals surface area contributed by atoms with Gasteiger partial charge in [0.25, 0.3) is 0 Å². The number of carbonyl (C=O) groups excluding carboxylic acids is 1. The predicted molar refractivity (Wildman–Crippen MR) is 381 cm³/mol. The molecule has 0 aromatic carbocycles. The van der Waals surface area contributed by atoms with Gasteiger partial charge in [-0.3, -0.25) is 0 Å². The molecule has 10 rings (SSSR count). The summed E-state index contributed by atoms with van der Waals surface area (Å²) in [6, 6.07) is 0. The van der Waals surface area contributed by atoms with Crippen molar-refractivity contribution in [1.29, 1.82) is 0 Å². The second kappa shape index (κ2) is 59.6. The summed E-state index contributed by atoms with van der Waals surface area (Å²) in [6.07, 6.45) is -71.3. The van der Waals surface area contributed by atoms with E-state index in [0.29, 0.717) is 0 Å². The summed E-state index contributed by atoms with van der Waals surface area (Å²) in [5.41, 5.74) is 0. The molecule has 45 N–H and O–H groups in total. The Bertz CT molecular complexity index is 2760. The SMILES string of the molecule is O=C([O-])C(O)C(O)C(O)C(O)CO.OCC1OC(OC2(CO)OC(CO)C(O)C2O)C(O)C(O)C1O.OCC1OC(OC2(CO)OC(CO)C(O)C2O)C(O)C(O)C1O.OCC1OC(OC2(CO)OC(CO)C(O)C2O)C(O)C(O)C1O.OCC1OC(OC2(CO)OC(CO)C(O)C2O)C(O)C(O)C1O.OCC1OC(OC2(CO)OC(CO)C(O)C2O)C(O)C(O)C1O.[Fe+3].[Fe+3].[Na+].[O-2].[O-2].[O-2]. The van der Waals surface area contributed by atoms with E-state index in [4.69, 9.17) is 148 Å². The largest absolute Gasteiger partial charge is 3.00 e. The van der Waals surface area contributed by atoms with E-state index < -0.39 is 410 Å². The van der Waals surface area contributed by atoms with Gasteiger partial charge >= 0.3 is 63.7 Å². The van der Waals surface area contributed by atoms with E-state index in [9.17, 15) is 163 Å². The van der Waals surface area contributed by atoms with Gasteiger partial charge in [0, 0.05) is 0 Å². The number of aliphatic carboxylic acids is 1. The maximum atomic E-state index is 10.00. The number of hydrogen-bond acceptors (Lipinski definition) is 62. The summed E-state index contributed by atoms with van der Waals surface area (Å²) >= 11 is 0. The van der Waals surface area contributed by atoms with E-state index >= 15 is 0 Å². The second-order valence-corrected chi connectivity index (χ2v) is 30.3. The zero-order chi connectivity index (χ0) is 97.4. The molecule has 65 nitrogen and oxygen atoms in total. The molecule has 0 bridgehead atoms. The number of hydrogen-bond donors (Lipinski definition) is 45. The zero-order valence-corrected chi connectivity index (χ0v) is 73.9. The Hall–Kier alpha value is -1.01. The summed E-state index contributed by atoms with van der Waals surface area (Å²) in [7, 11) is 0. The minimum absolute atomic E-state index is 0. The van der Waals surface area contributed by atoms with Gasteiger partial charge in [0.05, 0.1) is 78.6 Å². The van der Waals surface area contributed by atoms with Gasteiger partial charge in [-0.15, -0.1) is 0 Å². The topological polar surface area (TPSA) is 1170 Å². The summed E-state index contributed by atoms with van der Waals surface area (Å²) in [5.74, 6) is -13.1. The Labute approximate surface area is 797 Å². The molecule has 49 unspecified atom stereocenters. The Morgan fingerprint density at radius 2 is 0.396 bits per heavy atom. The van der Waals surface area contributed by atoms with E-state index in [2.05, 4.69) is 0 Å². The fourth-order valence-electron chi connectivity index (χ4n) is 13.8. The molecule has 0 spiro atoms. The summed E-state index contributed by atoms with van der Waals surface area (Å²) in [6.45, 7) is -12.5. The van der Waals surface area contributed by atoms with Crippen LogP contribution in [0.15, 0.2) is 0 Å². The number of carbonyl (C=O) groups is 1. The van der Waals surface area contributed by atoms with E-state index in [1.807, 2.05) is 0 Å². The van der Waals surface area contributed by atoms with E-state index in [0.717, 1.165) is 0 Å². The van der Waals surface area contributed by atoms with Gasteiger partial charge in [0.15, 0.2) is 31.5 Å². The first-order valence-electron chi connectivity index (χ1n) is 38.7. The Morgan fingerprint density at radius 1 is 0.246 bits per heavy atom. The molecule has 0 aromatic heterocycles. The average Bonchev–Trinajstić information content (AvgIpc) is 1.63. The number of ether oxygens (including phenoxy) is 15. The molecule has 68 heteroatoms. The molecule has 10 aliphatic heterocycles. The van der Waals surface area contributed by atoms with Crippen molar-refractivity contribution in [2.75, 3.05) is 106 Å². The third-order valence-corrected chi connectivity index (χ3v) is 21.8. The molecule has 49 atom stereocenters. The van der Waals surface area contributed by atoms with Gasteiger partial charge in [-0.25, -0.2) is 0 Å². The third-order valence-electron chi connectivity index (χ3n) is 21.8. The Balaban J connectivity index is 0. The molecule has 0 aromatic rings. The summed E-state index contributed by atoms with van der Waals surface area (Å²) in [4.78, 5) is 9.98. The monoisotopic (exact) mass is 2090 g/mol. The normalized spacial score (nSPS) is 45.9. The molecule has 792 valence electrons. The molecule has 10 saturated heterocycles. The van der Waals surface area contributed by atoms with E-state index in [-0.39, 0.29) is 80.1 Å². The molecule has 0 aliphatic carbocycles. The van der Waals surface area contributed by atoms with E-state index in [1.165, 1.54) is 0 Å². The van der Waals surface area contributed by atoms with Crippen LogP contribution in [0.2, 0.25) is 0 Å². The van der Waals surface area contributed by atoms with Crippen LogP contribution < -0.4 is 34.7 Å². The van der Waals surface area contributed by atoms with Gasteiger partial charge in [0.2, 0.25) is 28.9 Å². The second-order valence-electron chi connectivity index (χ2n) is 30.3. The van der Waals surface area contributed by atoms with Crippen molar-refractivity contribution in [3.8, 4) is 0 Å². The Morgan fingerprint density at radius 3 is 0.507 bits per heavy atom. The molecule has 0 amide bonds. The molecule has 0 saturated carbocycles. The van der Waals surface area contributed by atoms with Crippen molar-refractivity contribution in [3.05, 3.63) is 0 Å². The molecule has 10 fully saturated rings. The minimum Gasteiger partial charge on any atom is -2.00 e. The number of aliphatic hydroxyl groups is 45. The molecule has 10 aliphatic rings. The van der Waals surface area contributed by atoms with Crippen LogP contribution in [-0.4, -0.2) is 640 Å². The van der Waals surface area contributed by atoms with Crippen LogP contribution in [0.1, 0.15) is 0 Å². The first-order chi connectivity index (χ1) is 59.9. The first kappa shape index (κ1) is 135. The van der Waals surface area contributed by atoms with Gasteiger partial charge in [-0.2, -0.15) is 0 Å². The van der Waals surface area contributed by atoms with Crippen LogP contribution >= 0.6 is 0 Å². The number of carboxylic acid groups (broad SMARTS) is 1. The number of rotatable bonds is 30. The maximum absolute atomic E-state index is 10.00. The van der Waals surface area contributed by atoms with Crippen molar-refractivity contribution in [2.45, 2.75) is 298 Å². The van der Waals surface area contributed by atoms with Crippen LogP contribution in [0.25, 0.3) is 0 Å². The maximum Gasteiger partial charge on any atom is 3.00 e. The molecule has 10 heterocycles. The van der Waals surface area contributed by atoms with E-state index in [1.54, 1.807) is 0 Å². The van der Waals surface area contributed by atoms with Gasteiger partial charge in [-0.05, 0) is 0 Å². The first-order valence-corrected chi connectivity index (χ1v) is 38.7. The molecular formula is C66H121Fe2NaO65. The standard InChI is InChI=1S/5C12H22O11.C6H12O7.2Fe.Na.3O/c5*13-1-4-6(16)8(18)9(19)11(21-4)23-12(3-15)10(20)7(17)5(2-14)22-12;7-1-2(8)3(9)4(10)5(11)6(12)13;;;;;;/h5*4-11,13-20H,1-3H2;2-5,7-11H,1H2,(H,12,13);;;;;;/q;;;;;;2*+3;+1;3*-2/p-1. The van der Waals surface area contributed by atoms with Gasteiger partial charge in [-0.1, -0.05) is 0 Å². The van der Waals surface area contributed by atoms with Crippen LogP contribution in [0, 0.1) is 0 Å². The zero-order valence-electron chi connectivity index (χ0n) is 69.7. The quantitative estimate of drug-likeness (QED) is 0.0297. The Kier molecular flexibility index (Phi) is 60.0. The van der Waals surface area contributed by atoms with Crippen LogP contribution in [0.3, 0.4) is 0 Å². The van der Waals surface area contributed by atoms with Crippen molar-refractivity contribution in [3.63, 3.8) is 0 Å². The number of carboxylic acids is 1. The van der Waals surface area contributed by atoms with Crippen LogP contribution in [0.5, 0.6) is 0 Å².